The van der Waals surface area contributed by atoms with E-state index in [1.807, 2.05) is 6.07 Å². The Kier molecular flexibility index (Phi) is 3.34. The van der Waals surface area contributed by atoms with Gasteiger partial charge in [-0.3, -0.25) is 0 Å². The molecule has 0 saturated carbocycles. The minimum atomic E-state index is 1.09. The number of anilines is 1. The summed E-state index contributed by atoms with van der Waals surface area (Å²) >= 11 is 1.77. The molecule has 0 radical (unpaired) electrons. The van der Waals surface area contributed by atoms with Crippen LogP contribution in [0.15, 0.2) is 52.9 Å². The summed E-state index contributed by atoms with van der Waals surface area (Å²) in [5.74, 6) is 0. The third-order valence-electron chi connectivity index (χ3n) is 3.32. The highest BCUT2D eigenvalue weighted by molar-refractivity contribution is 8.77. The zero-order valence-electron chi connectivity index (χ0n) is 10.7. The van der Waals surface area contributed by atoms with E-state index in [4.69, 9.17) is 0 Å². The van der Waals surface area contributed by atoms with Crippen molar-refractivity contribution in [3.05, 3.63) is 54.1 Å². The molecular formula is C15H12N2S3. The second-order valence-corrected chi connectivity index (χ2v) is 7.97. The van der Waals surface area contributed by atoms with Crippen LogP contribution in [0.2, 0.25) is 0 Å². The van der Waals surface area contributed by atoms with Crippen molar-refractivity contribution in [3.8, 4) is 0 Å². The van der Waals surface area contributed by atoms with Crippen molar-refractivity contribution < 1.29 is 0 Å². The lowest BCUT2D eigenvalue weighted by Crippen LogP contribution is -2.07. The largest absolute Gasteiger partial charge is 0.306 e. The van der Waals surface area contributed by atoms with Gasteiger partial charge in [0.15, 0.2) is 4.34 Å². The summed E-state index contributed by atoms with van der Waals surface area (Å²) in [7, 11) is 3.55. The van der Waals surface area contributed by atoms with Crippen molar-refractivity contribution in [2.45, 2.75) is 10.8 Å². The maximum Gasteiger partial charge on any atom is 0.163 e. The van der Waals surface area contributed by atoms with Crippen LogP contribution in [0.1, 0.15) is 5.56 Å². The molecule has 0 N–H and O–H groups in total. The van der Waals surface area contributed by atoms with Gasteiger partial charge in [-0.05, 0) is 41.0 Å². The van der Waals surface area contributed by atoms with Crippen LogP contribution in [0.3, 0.4) is 0 Å². The van der Waals surface area contributed by atoms with E-state index in [2.05, 4.69) is 51.8 Å². The van der Waals surface area contributed by atoms with E-state index in [1.54, 1.807) is 33.1 Å². The maximum absolute atomic E-state index is 4.66. The van der Waals surface area contributed by atoms with Crippen molar-refractivity contribution in [1.29, 1.82) is 0 Å². The van der Waals surface area contributed by atoms with Gasteiger partial charge < -0.3 is 4.31 Å². The second-order valence-electron chi connectivity index (χ2n) is 4.59. The van der Waals surface area contributed by atoms with Crippen LogP contribution in [0, 0.1) is 0 Å². The van der Waals surface area contributed by atoms with Crippen LogP contribution in [-0.2, 0) is 6.42 Å². The SMILES string of the molecule is c1ccc2c(c1)CCN2SSc1nc2ccccc2s1. The molecule has 20 heavy (non-hydrogen) atoms. The number of rotatable bonds is 3. The molecule has 4 rings (SSSR count). The van der Waals surface area contributed by atoms with Crippen molar-refractivity contribution in [2.75, 3.05) is 10.8 Å². The summed E-state index contributed by atoms with van der Waals surface area (Å²) in [6, 6.07) is 17.0. The number of benzene rings is 2. The first-order valence-corrected chi connectivity index (χ1v) is 9.38. The van der Waals surface area contributed by atoms with Crippen LogP contribution in [0.4, 0.5) is 5.69 Å². The van der Waals surface area contributed by atoms with E-state index in [0.717, 1.165) is 22.8 Å². The fraction of sp³-hybridized carbons (Fsp3) is 0.133. The average Bonchev–Trinajstić information content (AvgIpc) is 3.08. The molecule has 1 aliphatic heterocycles. The van der Waals surface area contributed by atoms with Gasteiger partial charge in [0.05, 0.1) is 15.9 Å². The Labute approximate surface area is 129 Å². The van der Waals surface area contributed by atoms with Crippen molar-refractivity contribution >= 4 is 49.0 Å². The molecule has 2 nitrogen and oxygen atoms in total. The summed E-state index contributed by atoms with van der Waals surface area (Å²) in [6.07, 6.45) is 1.14. The Morgan fingerprint density at radius 2 is 1.90 bits per heavy atom. The first kappa shape index (κ1) is 12.6. The monoisotopic (exact) mass is 316 g/mol. The maximum atomic E-state index is 4.66. The molecule has 1 aromatic heterocycles. The number of thiazole rings is 1. The number of hydrogen-bond acceptors (Lipinski definition) is 5. The highest BCUT2D eigenvalue weighted by atomic mass is 33.1. The summed E-state index contributed by atoms with van der Waals surface area (Å²) < 4.78 is 4.75. The molecule has 0 spiro atoms. The van der Waals surface area contributed by atoms with E-state index in [9.17, 15) is 0 Å². The zero-order valence-corrected chi connectivity index (χ0v) is 13.1. The molecule has 0 saturated heterocycles. The van der Waals surface area contributed by atoms with Gasteiger partial charge in [-0.15, -0.1) is 11.3 Å². The molecule has 2 heterocycles. The predicted molar refractivity (Wildman–Crippen MR) is 90.6 cm³/mol. The average molecular weight is 316 g/mol. The summed E-state index contributed by atoms with van der Waals surface area (Å²) in [5, 5.41) is 0. The molecule has 0 aliphatic carbocycles. The summed E-state index contributed by atoms with van der Waals surface area (Å²) in [6.45, 7) is 1.09. The fourth-order valence-electron chi connectivity index (χ4n) is 2.35. The third kappa shape index (κ3) is 2.30. The molecule has 5 heteroatoms. The molecule has 0 bridgehead atoms. The highest BCUT2D eigenvalue weighted by Gasteiger charge is 2.19. The highest BCUT2D eigenvalue weighted by Crippen LogP contribution is 2.43. The van der Waals surface area contributed by atoms with Gasteiger partial charge in [0.1, 0.15) is 0 Å². The Morgan fingerprint density at radius 3 is 2.85 bits per heavy atom. The van der Waals surface area contributed by atoms with Crippen LogP contribution < -0.4 is 4.31 Å². The Bertz CT molecular complexity index is 720. The number of nitrogens with zero attached hydrogens (tertiary/aromatic N) is 2. The minimum absolute atomic E-state index is 1.09. The number of para-hydroxylation sites is 2. The molecule has 0 atom stereocenters. The molecule has 0 fully saturated rings. The third-order valence-corrected chi connectivity index (χ3v) is 7.07. The number of fused-ring (bicyclic) bond motifs is 2. The normalized spacial score (nSPS) is 13.9. The summed E-state index contributed by atoms with van der Waals surface area (Å²) in [4.78, 5) is 4.66. The lowest BCUT2D eigenvalue weighted by atomic mass is 10.2. The van der Waals surface area contributed by atoms with Crippen molar-refractivity contribution in [1.82, 2.24) is 4.98 Å². The van der Waals surface area contributed by atoms with Crippen LogP contribution in [-0.4, -0.2) is 11.5 Å². The van der Waals surface area contributed by atoms with E-state index in [0.29, 0.717) is 0 Å². The van der Waals surface area contributed by atoms with E-state index >= 15 is 0 Å². The van der Waals surface area contributed by atoms with E-state index in [-0.39, 0.29) is 0 Å². The van der Waals surface area contributed by atoms with Gasteiger partial charge in [-0.2, -0.15) is 0 Å². The standard InChI is InChI=1S/C15H12N2S3/c1-3-7-13-11(5-1)9-10-17(13)20-19-15-16-12-6-2-4-8-14(12)18-15/h1-8H,9-10H2. The van der Waals surface area contributed by atoms with Gasteiger partial charge in [-0.1, -0.05) is 30.3 Å². The molecule has 1 aliphatic rings. The minimum Gasteiger partial charge on any atom is -0.306 e. The lowest BCUT2D eigenvalue weighted by molar-refractivity contribution is 1.06. The van der Waals surface area contributed by atoms with Crippen LogP contribution in [0.5, 0.6) is 0 Å². The zero-order chi connectivity index (χ0) is 13.4. The van der Waals surface area contributed by atoms with Gasteiger partial charge in [0, 0.05) is 17.5 Å². The van der Waals surface area contributed by atoms with Gasteiger partial charge in [-0.25, -0.2) is 4.98 Å². The predicted octanol–water partition coefficient (Wildman–Crippen LogP) is 5.01. The lowest BCUT2D eigenvalue weighted by Gasteiger charge is -2.15. The molecule has 3 aromatic rings. The summed E-state index contributed by atoms with van der Waals surface area (Å²) in [5.41, 5.74) is 3.90. The Morgan fingerprint density at radius 1 is 1.05 bits per heavy atom. The smallest absolute Gasteiger partial charge is 0.163 e. The first-order chi connectivity index (χ1) is 9.90. The fourth-order valence-corrected chi connectivity index (χ4v) is 5.78. The van der Waals surface area contributed by atoms with E-state index < -0.39 is 0 Å². The molecule has 100 valence electrons. The number of aromatic nitrogens is 1. The van der Waals surface area contributed by atoms with E-state index in [1.165, 1.54) is 16.0 Å². The first-order valence-electron chi connectivity index (χ1n) is 6.46. The molecule has 0 amide bonds. The van der Waals surface area contributed by atoms with Crippen molar-refractivity contribution in [3.63, 3.8) is 0 Å². The Balaban J connectivity index is 1.51. The Hall–Kier alpha value is -1.17. The topological polar surface area (TPSA) is 16.1 Å². The van der Waals surface area contributed by atoms with Crippen LogP contribution >= 0.6 is 33.1 Å². The molecular weight excluding hydrogens is 304 g/mol. The molecule has 2 aromatic carbocycles. The quantitative estimate of drug-likeness (QED) is 0.498. The van der Waals surface area contributed by atoms with Gasteiger partial charge in [0.2, 0.25) is 0 Å². The second kappa shape index (κ2) is 5.31. The van der Waals surface area contributed by atoms with Crippen molar-refractivity contribution in [2.24, 2.45) is 0 Å². The molecule has 0 unspecified atom stereocenters. The van der Waals surface area contributed by atoms with Gasteiger partial charge >= 0.3 is 0 Å². The van der Waals surface area contributed by atoms with Crippen LogP contribution in [0.25, 0.3) is 10.2 Å². The van der Waals surface area contributed by atoms with Gasteiger partial charge in [0.25, 0.3) is 0 Å². The number of hydrogen-bond donors (Lipinski definition) is 0.